The van der Waals surface area contributed by atoms with Crippen LogP contribution in [0.2, 0.25) is 0 Å². The van der Waals surface area contributed by atoms with E-state index in [2.05, 4.69) is 46.0 Å². The molecule has 0 saturated heterocycles. The van der Waals surface area contributed by atoms with Gasteiger partial charge in [0.15, 0.2) is 0 Å². The first kappa shape index (κ1) is 14.8. The largest absolute Gasteiger partial charge is 0.253 e. The van der Waals surface area contributed by atoms with Crippen LogP contribution in [0.4, 0.5) is 5.13 Å². The molecule has 1 aromatic heterocycles. The van der Waals surface area contributed by atoms with Gasteiger partial charge in [0.25, 0.3) is 0 Å². The molecule has 3 nitrogen and oxygen atoms in total. The summed E-state index contributed by atoms with van der Waals surface area (Å²) in [6, 6.07) is 18.4. The molecular weight excluding hydrogens is 310 g/mol. The highest BCUT2D eigenvalue weighted by Crippen LogP contribution is 2.24. The van der Waals surface area contributed by atoms with Gasteiger partial charge < -0.3 is 0 Å². The molecule has 0 amide bonds. The summed E-state index contributed by atoms with van der Waals surface area (Å²) in [6.07, 6.45) is 3.87. The molecule has 0 aliphatic heterocycles. The molecule has 2 aromatic carbocycles. The van der Waals surface area contributed by atoms with E-state index in [9.17, 15) is 0 Å². The molecule has 0 spiro atoms. The molecule has 0 radical (unpaired) electrons. The third kappa shape index (κ3) is 3.75. The molecule has 3 aromatic rings. The van der Waals surface area contributed by atoms with Crippen LogP contribution < -0.4 is 5.43 Å². The Morgan fingerprint density at radius 1 is 1.14 bits per heavy atom. The molecule has 5 heteroatoms. The Hall–Kier alpha value is -2.11. The van der Waals surface area contributed by atoms with Crippen molar-refractivity contribution in [2.24, 2.45) is 5.10 Å². The number of aromatic nitrogens is 1. The smallest absolute Gasteiger partial charge is 0.203 e. The Kier molecular flexibility index (Phi) is 4.88. The second kappa shape index (κ2) is 7.24. The molecule has 0 saturated carbocycles. The van der Waals surface area contributed by atoms with Crippen LogP contribution >= 0.6 is 23.1 Å². The lowest BCUT2D eigenvalue weighted by Crippen LogP contribution is -1.90. The van der Waals surface area contributed by atoms with Crippen molar-refractivity contribution in [3.63, 3.8) is 0 Å². The van der Waals surface area contributed by atoms with Gasteiger partial charge in [-0.3, -0.25) is 5.43 Å². The minimum absolute atomic E-state index is 0.788. The highest BCUT2D eigenvalue weighted by atomic mass is 32.2. The molecule has 0 aliphatic rings. The third-order valence-electron chi connectivity index (χ3n) is 3.04. The summed E-state index contributed by atoms with van der Waals surface area (Å²) >= 11 is 3.27. The second-order valence-electron chi connectivity index (χ2n) is 4.55. The van der Waals surface area contributed by atoms with Crippen molar-refractivity contribution in [2.45, 2.75) is 4.90 Å². The first-order chi connectivity index (χ1) is 10.8. The van der Waals surface area contributed by atoms with E-state index in [1.807, 2.05) is 41.9 Å². The van der Waals surface area contributed by atoms with Crippen LogP contribution in [-0.4, -0.2) is 17.5 Å². The van der Waals surface area contributed by atoms with E-state index in [0.29, 0.717) is 0 Å². The van der Waals surface area contributed by atoms with Crippen molar-refractivity contribution in [3.8, 4) is 11.3 Å². The summed E-state index contributed by atoms with van der Waals surface area (Å²) in [5.41, 5.74) is 6.14. The molecule has 0 atom stereocenters. The van der Waals surface area contributed by atoms with Crippen LogP contribution in [0.5, 0.6) is 0 Å². The second-order valence-corrected chi connectivity index (χ2v) is 6.29. The summed E-state index contributed by atoms with van der Waals surface area (Å²) in [6.45, 7) is 0. The highest BCUT2D eigenvalue weighted by molar-refractivity contribution is 7.98. The molecule has 0 aliphatic carbocycles. The number of benzene rings is 2. The standard InChI is InChI=1S/C17H15N3S2/c1-21-15-9-5-6-13(10-15)11-18-20-17-19-16(12-22-17)14-7-3-2-4-8-14/h2-12H,1H3,(H,19,20). The first-order valence-corrected chi connectivity index (χ1v) is 8.90. The number of anilines is 1. The molecule has 3 rings (SSSR count). The van der Waals surface area contributed by atoms with Gasteiger partial charge in [-0.15, -0.1) is 23.1 Å². The Bertz CT molecular complexity index is 766. The number of hydrogen-bond donors (Lipinski definition) is 1. The van der Waals surface area contributed by atoms with Crippen molar-refractivity contribution in [1.29, 1.82) is 0 Å². The fourth-order valence-electron chi connectivity index (χ4n) is 1.95. The van der Waals surface area contributed by atoms with Crippen molar-refractivity contribution in [2.75, 3.05) is 11.7 Å². The lowest BCUT2D eigenvalue weighted by molar-refractivity contribution is 1.29. The molecule has 1 N–H and O–H groups in total. The molecule has 0 bridgehead atoms. The van der Waals surface area contributed by atoms with Gasteiger partial charge in [-0.05, 0) is 24.0 Å². The van der Waals surface area contributed by atoms with Crippen LogP contribution in [0, 0.1) is 0 Å². The molecule has 0 unspecified atom stereocenters. The van der Waals surface area contributed by atoms with Crippen LogP contribution in [0.15, 0.2) is 70.0 Å². The van der Waals surface area contributed by atoms with Gasteiger partial charge in [0.1, 0.15) is 0 Å². The zero-order chi connectivity index (χ0) is 15.2. The maximum Gasteiger partial charge on any atom is 0.203 e. The predicted molar refractivity (Wildman–Crippen MR) is 97.0 cm³/mol. The van der Waals surface area contributed by atoms with Crippen LogP contribution in [0.3, 0.4) is 0 Å². The van der Waals surface area contributed by atoms with Crippen molar-refractivity contribution < 1.29 is 0 Å². The Balaban J connectivity index is 1.67. The van der Waals surface area contributed by atoms with E-state index in [0.717, 1.165) is 22.0 Å². The Morgan fingerprint density at radius 2 is 2.00 bits per heavy atom. The van der Waals surface area contributed by atoms with Gasteiger partial charge in [-0.2, -0.15) is 5.10 Å². The van der Waals surface area contributed by atoms with E-state index in [-0.39, 0.29) is 0 Å². The minimum atomic E-state index is 0.788. The van der Waals surface area contributed by atoms with E-state index in [1.54, 1.807) is 23.1 Å². The Morgan fingerprint density at radius 3 is 2.82 bits per heavy atom. The quantitative estimate of drug-likeness (QED) is 0.408. The van der Waals surface area contributed by atoms with Gasteiger partial charge in [0.2, 0.25) is 5.13 Å². The summed E-state index contributed by atoms with van der Waals surface area (Å²) in [4.78, 5) is 5.76. The van der Waals surface area contributed by atoms with E-state index < -0.39 is 0 Å². The van der Waals surface area contributed by atoms with Crippen LogP contribution in [0.1, 0.15) is 5.56 Å². The maximum atomic E-state index is 4.53. The van der Waals surface area contributed by atoms with Crippen molar-refractivity contribution in [1.82, 2.24) is 4.98 Å². The fourth-order valence-corrected chi connectivity index (χ4v) is 3.09. The molecule has 110 valence electrons. The van der Waals surface area contributed by atoms with Crippen LogP contribution in [0.25, 0.3) is 11.3 Å². The van der Waals surface area contributed by atoms with Gasteiger partial charge in [0.05, 0.1) is 11.9 Å². The van der Waals surface area contributed by atoms with Crippen LogP contribution in [-0.2, 0) is 0 Å². The van der Waals surface area contributed by atoms with Gasteiger partial charge in [-0.25, -0.2) is 4.98 Å². The number of nitrogens with zero attached hydrogens (tertiary/aromatic N) is 2. The molecular formula is C17H15N3S2. The number of nitrogens with one attached hydrogen (secondary N) is 1. The van der Waals surface area contributed by atoms with E-state index in [1.165, 1.54) is 4.90 Å². The maximum absolute atomic E-state index is 4.53. The van der Waals surface area contributed by atoms with Crippen molar-refractivity contribution >= 4 is 34.4 Å². The number of rotatable bonds is 5. The summed E-state index contributed by atoms with van der Waals surface area (Å²) in [5.74, 6) is 0. The fraction of sp³-hybridized carbons (Fsp3) is 0.0588. The number of thiazole rings is 1. The number of hydrazone groups is 1. The summed E-state index contributed by atoms with van der Waals surface area (Å²) in [7, 11) is 0. The van der Waals surface area contributed by atoms with Gasteiger partial charge in [0, 0.05) is 15.8 Å². The molecule has 0 fully saturated rings. The highest BCUT2D eigenvalue weighted by Gasteiger charge is 2.02. The van der Waals surface area contributed by atoms with Gasteiger partial charge >= 0.3 is 0 Å². The lowest BCUT2D eigenvalue weighted by atomic mass is 10.2. The topological polar surface area (TPSA) is 37.3 Å². The average Bonchev–Trinajstić information content (AvgIpc) is 3.05. The van der Waals surface area contributed by atoms with E-state index >= 15 is 0 Å². The molecule has 22 heavy (non-hydrogen) atoms. The zero-order valence-electron chi connectivity index (χ0n) is 12.1. The monoisotopic (exact) mass is 325 g/mol. The predicted octanol–water partition coefficient (Wildman–Crippen LogP) is 4.98. The Labute approximate surface area is 138 Å². The minimum Gasteiger partial charge on any atom is -0.253 e. The first-order valence-electron chi connectivity index (χ1n) is 6.79. The van der Waals surface area contributed by atoms with Gasteiger partial charge in [-0.1, -0.05) is 42.5 Å². The van der Waals surface area contributed by atoms with E-state index in [4.69, 9.17) is 0 Å². The summed E-state index contributed by atoms with van der Waals surface area (Å²) in [5, 5.41) is 7.08. The SMILES string of the molecule is CSc1cccc(C=NNc2nc(-c3ccccc3)cs2)c1. The van der Waals surface area contributed by atoms with Crippen molar-refractivity contribution in [3.05, 3.63) is 65.5 Å². The molecule has 1 heterocycles. The lowest BCUT2D eigenvalue weighted by Gasteiger charge is -1.98. The number of hydrogen-bond acceptors (Lipinski definition) is 5. The summed E-state index contributed by atoms with van der Waals surface area (Å²) < 4.78 is 0. The number of thioether (sulfide) groups is 1. The average molecular weight is 325 g/mol. The zero-order valence-corrected chi connectivity index (χ0v) is 13.7. The third-order valence-corrected chi connectivity index (χ3v) is 4.51. The normalized spacial score (nSPS) is 11.0.